The maximum atomic E-state index is 10.0. The van der Waals surface area contributed by atoms with Gasteiger partial charge in [-0.1, -0.05) is 6.92 Å². The Hall–Kier alpha value is 0.110. The second-order valence-electron chi connectivity index (χ2n) is 1.63. The summed E-state index contributed by atoms with van der Waals surface area (Å²) in [5.41, 5.74) is 0. The lowest BCUT2D eigenvalue weighted by Gasteiger charge is -2.09. The molecule has 0 fully saturated rings. The summed E-state index contributed by atoms with van der Waals surface area (Å²) in [6.07, 6.45) is -0.128. The van der Waals surface area contributed by atoms with Crippen LogP contribution < -0.4 is 0 Å². The molecule has 0 aliphatic heterocycles. The van der Waals surface area contributed by atoms with Gasteiger partial charge in [-0.05, 0) is 13.3 Å². The van der Waals surface area contributed by atoms with Crippen LogP contribution in [-0.4, -0.2) is 15.9 Å². The Morgan fingerprint density at radius 1 is 1.78 bits per heavy atom. The van der Waals surface area contributed by atoms with Gasteiger partial charge in [-0.2, -0.15) is 0 Å². The Labute approximate surface area is 54.1 Å². The molecule has 0 aromatic heterocycles. The number of rotatable bonds is 3. The van der Waals surface area contributed by atoms with Crippen molar-refractivity contribution < 1.29 is 18.9 Å². The Balaban J connectivity index is 3.60. The largest absolute Gasteiger partial charge is 0.469 e. The van der Waals surface area contributed by atoms with Crippen LogP contribution in [-0.2, 0) is 9.09 Å². The van der Waals surface area contributed by atoms with Gasteiger partial charge in [0.1, 0.15) is 0 Å². The molecule has 0 saturated carbocycles. The van der Waals surface area contributed by atoms with Crippen molar-refractivity contribution in [2.45, 2.75) is 19.4 Å². The summed E-state index contributed by atoms with van der Waals surface area (Å²) >= 11 is 0. The topological polar surface area (TPSA) is 66.8 Å². The van der Waals surface area contributed by atoms with Gasteiger partial charge in [0.05, 0.1) is 6.10 Å². The van der Waals surface area contributed by atoms with Crippen LogP contribution in [0.3, 0.4) is 0 Å². The molecule has 4 nitrogen and oxygen atoms in total. The summed E-state index contributed by atoms with van der Waals surface area (Å²) in [5.74, 6) is 0. The maximum absolute atomic E-state index is 10.0. The fourth-order valence-electron chi connectivity index (χ4n) is 0.269. The molecule has 5 heteroatoms. The highest BCUT2D eigenvalue weighted by Crippen LogP contribution is 2.37. The zero-order valence-electron chi connectivity index (χ0n) is 5.15. The first-order chi connectivity index (χ1) is 3.95. The Bertz CT molecular complexity index is 118. The van der Waals surface area contributed by atoms with E-state index in [4.69, 9.17) is 9.79 Å². The van der Waals surface area contributed by atoms with Crippen LogP contribution in [0.2, 0.25) is 0 Å². The lowest BCUT2D eigenvalue weighted by molar-refractivity contribution is 0.157. The molecule has 0 amide bonds. The molecule has 9 heavy (non-hydrogen) atoms. The first-order valence-corrected chi connectivity index (χ1v) is 4.05. The van der Waals surface area contributed by atoms with Crippen molar-refractivity contribution in [1.82, 2.24) is 0 Å². The molecule has 2 N–H and O–H groups in total. The van der Waals surface area contributed by atoms with E-state index in [9.17, 15) is 4.57 Å². The van der Waals surface area contributed by atoms with Crippen LogP contribution in [0.1, 0.15) is 13.3 Å². The molecule has 0 aromatic carbocycles. The van der Waals surface area contributed by atoms with Gasteiger partial charge in [-0.15, -0.1) is 0 Å². The van der Waals surface area contributed by atoms with Crippen molar-refractivity contribution in [2.75, 3.05) is 0 Å². The predicted octanol–water partition coefficient (Wildman–Crippen LogP) is 0.708. The highest BCUT2D eigenvalue weighted by molar-refractivity contribution is 7.46. The second kappa shape index (κ2) is 3.32. The van der Waals surface area contributed by atoms with E-state index in [1.807, 2.05) is 0 Å². The number of phosphoric ester groups is 1. The van der Waals surface area contributed by atoms with Gasteiger partial charge >= 0.3 is 7.82 Å². The van der Waals surface area contributed by atoms with Crippen molar-refractivity contribution in [3.05, 3.63) is 6.92 Å². The van der Waals surface area contributed by atoms with Crippen molar-refractivity contribution in [3.63, 3.8) is 0 Å². The SMILES string of the molecule is [CH2]C(CC)OP(=O)(O)O. The Morgan fingerprint density at radius 3 is 2.33 bits per heavy atom. The summed E-state index contributed by atoms with van der Waals surface area (Å²) in [7, 11) is -4.30. The second-order valence-corrected chi connectivity index (χ2v) is 2.82. The minimum Gasteiger partial charge on any atom is -0.303 e. The molecular formula is C4H10O4P. The summed E-state index contributed by atoms with van der Waals surface area (Å²) < 4.78 is 14.2. The van der Waals surface area contributed by atoms with E-state index in [1.165, 1.54) is 0 Å². The quantitative estimate of drug-likeness (QED) is 0.586. The molecule has 0 spiro atoms. The third-order valence-corrected chi connectivity index (χ3v) is 1.31. The lowest BCUT2D eigenvalue weighted by Crippen LogP contribution is -2.03. The standard InChI is InChI=1S/C4H10O4P/c1-3-4(2)8-9(5,6)7/h4H,2-3H2,1H3,(H2,5,6,7). The van der Waals surface area contributed by atoms with E-state index in [1.54, 1.807) is 6.92 Å². The average Bonchev–Trinajstić information content (AvgIpc) is 1.62. The molecule has 1 atom stereocenters. The summed E-state index contributed by atoms with van der Waals surface area (Å²) in [6, 6.07) is 0. The zero-order chi connectivity index (χ0) is 7.49. The van der Waals surface area contributed by atoms with Gasteiger partial charge in [0.25, 0.3) is 0 Å². The minimum absolute atomic E-state index is 0.491. The van der Waals surface area contributed by atoms with E-state index in [0.717, 1.165) is 0 Å². The molecule has 0 aliphatic carbocycles. The fourth-order valence-corrected chi connectivity index (χ4v) is 0.806. The van der Waals surface area contributed by atoms with Crippen LogP contribution >= 0.6 is 7.82 Å². The molecule has 0 aromatic rings. The third kappa shape index (κ3) is 5.99. The van der Waals surface area contributed by atoms with E-state index in [2.05, 4.69) is 11.4 Å². The molecule has 0 saturated heterocycles. The van der Waals surface area contributed by atoms with Crippen molar-refractivity contribution >= 4 is 7.82 Å². The number of phosphoric acid groups is 1. The zero-order valence-corrected chi connectivity index (χ0v) is 6.04. The Morgan fingerprint density at radius 2 is 2.22 bits per heavy atom. The van der Waals surface area contributed by atoms with Crippen LogP contribution in [0.25, 0.3) is 0 Å². The summed E-state index contributed by atoms with van der Waals surface area (Å²) in [4.78, 5) is 16.3. The fraction of sp³-hybridized carbons (Fsp3) is 0.750. The third-order valence-electron chi connectivity index (χ3n) is 0.742. The number of hydrogen-bond donors (Lipinski definition) is 2. The smallest absolute Gasteiger partial charge is 0.303 e. The molecule has 0 rings (SSSR count). The van der Waals surface area contributed by atoms with Gasteiger partial charge < -0.3 is 9.79 Å². The van der Waals surface area contributed by atoms with Crippen LogP contribution in [0.15, 0.2) is 0 Å². The highest BCUT2D eigenvalue weighted by Gasteiger charge is 2.16. The van der Waals surface area contributed by atoms with Gasteiger partial charge in [0.2, 0.25) is 0 Å². The summed E-state index contributed by atoms with van der Waals surface area (Å²) in [6.45, 7) is 5.06. The normalized spacial score (nSPS) is 15.6. The molecule has 0 aliphatic rings. The van der Waals surface area contributed by atoms with E-state index in [-0.39, 0.29) is 0 Å². The van der Waals surface area contributed by atoms with Crippen LogP contribution in [0.5, 0.6) is 0 Å². The Kier molecular flexibility index (Phi) is 3.36. The van der Waals surface area contributed by atoms with Gasteiger partial charge in [-0.3, -0.25) is 4.52 Å². The maximum Gasteiger partial charge on any atom is 0.469 e. The molecule has 0 heterocycles. The van der Waals surface area contributed by atoms with E-state index < -0.39 is 13.9 Å². The highest BCUT2D eigenvalue weighted by atomic mass is 31.2. The molecular weight excluding hydrogens is 143 g/mol. The lowest BCUT2D eigenvalue weighted by atomic mass is 10.3. The van der Waals surface area contributed by atoms with Gasteiger partial charge in [-0.25, -0.2) is 4.57 Å². The van der Waals surface area contributed by atoms with Crippen molar-refractivity contribution in [2.24, 2.45) is 0 Å². The van der Waals surface area contributed by atoms with Gasteiger partial charge in [0.15, 0.2) is 0 Å². The number of hydrogen-bond acceptors (Lipinski definition) is 2. The van der Waals surface area contributed by atoms with Crippen LogP contribution in [0, 0.1) is 6.92 Å². The molecule has 0 bridgehead atoms. The monoisotopic (exact) mass is 153 g/mol. The van der Waals surface area contributed by atoms with Gasteiger partial charge in [0, 0.05) is 0 Å². The minimum atomic E-state index is -4.30. The predicted molar refractivity (Wildman–Crippen MR) is 32.6 cm³/mol. The summed E-state index contributed by atoms with van der Waals surface area (Å²) in [5, 5.41) is 0. The molecule has 55 valence electrons. The van der Waals surface area contributed by atoms with Crippen LogP contribution in [0.4, 0.5) is 0 Å². The molecule has 1 unspecified atom stereocenters. The van der Waals surface area contributed by atoms with E-state index in [0.29, 0.717) is 6.42 Å². The first kappa shape index (κ1) is 9.11. The average molecular weight is 153 g/mol. The van der Waals surface area contributed by atoms with Crippen molar-refractivity contribution in [1.29, 1.82) is 0 Å². The first-order valence-electron chi connectivity index (χ1n) is 2.52. The van der Waals surface area contributed by atoms with E-state index >= 15 is 0 Å². The van der Waals surface area contributed by atoms with Crippen molar-refractivity contribution in [3.8, 4) is 0 Å². The molecule has 1 radical (unpaired) electrons.